The number of hydrogen-bond acceptors (Lipinski definition) is 8. The number of aromatic nitrogens is 5. The van der Waals surface area contributed by atoms with Crippen molar-refractivity contribution < 1.29 is 14.0 Å². The molecule has 1 saturated heterocycles. The molecule has 1 aliphatic heterocycles. The Kier molecular flexibility index (Phi) is 5.44. The predicted molar refractivity (Wildman–Crippen MR) is 130 cm³/mol. The standard InChI is InChI=1S/C24H19ClN6O4/c25-18-13-19-22(27-20(18)14-1-5-16(6-2-14)31-9-11-33-12-10-31)28-23(26-19)34-17-7-3-15(4-8-17)21-29-24(32)35-30-21/h1-8,13H,9-12H2,(H,26,27,28)(H,29,30,32). The van der Waals surface area contributed by atoms with Crippen LogP contribution in [0.15, 0.2) is 63.9 Å². The Morgan fingerprint density at radius 2 is 1.69 bits per heavy atom. The maximum Gasteiger partial charge on any atom is 0.439 e. The Morgan fingerprint density at radius 1 is 0.943 bits per heavy atom. The zero-order valence-electron chi connectivity index (χ0n) is 18.3. The number of fused-ring (bicyclic) bond motifs is 1. The molecule has 0 amide bonds. The average Bonchev–Trinajstić information content (AvgIpc) is 3.50. The van der Waals surface area contributed by atoms with Gasteiger partial charge >= 0.3 is 11.8 Å². The monoisotopic (exact) mass is 490 g/mol. The highest BCUT2D eigenvalue weighted by Gasteiger charge is 2.15. The Morgan fingerprint density at radius 3 is 2.40 bits per heavy atom. The lowest BCUT2D eigenvalue weighted by Gasteiger charge is -2.28. The molecule has 4 heterocycles. The van der Waals surface area contributed by atoms with Crippen LogP contribution in [0.25, 0.3) is 33.8 Å². The molecule has 0 atom stereocenters. The van der Waals surface area contributed by atoms with Crippen LogP contribution < -0.4 is 15.4 Å². The first kappa shape index (κ1) is 21.4. The summed E-state index contributed by atoms with van der Waals surface area (Å²) < 4.78 is 15.8. The Bertz CT molecular complexity index is 1540. The summed E-state index contributed by atoms with van der Waals surface area (Å²) in [4.78, 5) is 28.1. The van der Waals surface area contributed by atoms with Crippen molar-refractivity contribution in [1.82, 2.24) is 25.1 Å². The highest BCUT2D eigenvalue weighted by atomic mass is 35.5. The number of halogens is 1. The lowest BCUT2D eigenvalue weighted by atomic mass is 10.1. The fraction of sp³-hybridized carbons (Fsp3) is 0.167. The number of nitrogens with zero attached hydrogens (tertiary/aromatic N) is 4. The number of nitrogens with one attached hydrogen (secondary N) is 2. The van der Waals surface area contributed by atoms with Gasteiger partial charge in [-0.25, -0.2) is 9.78 Å². The van der Waals surface area contributed by atoms with E-state index in [2.05, 4.69) is 46.6 Å². The van der Waals surface area contributed by atoms with Crippen molar-refractivity contribution in [3.63, 3.8) is 0 Å². The molecule has 11 heteroatoms. The maximum atomic E-state index is 11.1. The number of rotatable bonds is 5. The van der Waals surface area contributed by atoms with Gasteiger partial charge in [0.15, 0.2) is 11.5 Å². The maximum absolute atomic E-state index is 11.1. The largest absolute Gasteiger partial charge is 0.439 e. The average molecular weight is 491 g/mol. The Balaban J connectivity index is 1.22. The highest BCUT2D eigenvalue weighted by molar-refractivity contribution is 6.33. The third-order valence-corrected chi connectivity index (χ3v) is 5.99. The van der Waals surface area contributed by atoms with Gasteiger partial charge in [0.1, 0.15) is 5.75 Å². The smallest absolute Gasteiger partial charge is 0.426 e. The lowest BCUT2D eigenvalue weighted by molar-refractivity contribution is 0.122. The van der Waals surface area contributed by atoms with Crippen LogP contribution in [0.4, 0.5) is 5.69 Å². The first-order valence-electron chi connectivity index (χ1n) is 11.0. The topological polar surface area (TPSA) is 122 Å². The van der Waals surface area contributed by atoms with Crippen LogP contribution in [0.3, 0.4) is 0 Å². The SMILES string of the molecule is O=c1[nH]c(-c2ccc(Oc3nc4nc(-c5ccc(N6CCOCC6)cc5)c(Cl)cc4[nH]3)cc2)no1. The van der Waals surface area contributed by atoms with Crippen LogP contribution >= 0.6 is 11.6 Å². The molecule has 1 aliphatic rings. The third kappa shape index (κ3) is 4.36. The number of imidazole rings is 1. The summed E-state index contributed by atoms with van der Waals surface area (Å²) in [6.07, 6.45) is 0. The van der Waals surface area contributed by atoms with Gasteiger partial charge in [0.25, 0.3) is 0 Å². The minimum absolute atomic E-state index is 0.283. The highest BCUT2D eigenvalue weighted by Crippen LogP contribution is 2.32. The normalized spacial score (nSPS) is 13.9. The first-order valence-corrected chi connectivity index (χ1v) is 11.3. The molecule has 3 aromatic heterocycles. The molecule has 10 nitrogen and oxygen atoms in total. The third-order valence-electron chi connectivity index (χ3n) is 5.70. The van der Waals surface area contributed by atoms with E-state index < -0.39 is 5.76 Å². The summed E-state index contributed by atoms with van der Waals surface area (Å²) in [5, 5.41) is 4.18. The van der Waals surface area contributed by atoms with Crippen LogP contribution in [0.1, 0.15) is 0 Å². The van der Waals surface area contributed by atoms with Crippen molar-refractivity contribution in [3.8, 4) is 34.4 Å². The van der Waals surface area contributed by atoms with E-state index in [1.807, 2.05) is 12.1 Å². The van der Waals surface area contributed by atoms with Crippen LogP contribution in [0.5, 0.6) is 11.8 Å². The Labute approximate surface area is 203 Å². The molecule has 0 spiro atoms. The van der Waals surface area contributed by atoms with Crippen LogP contribution in [0, 0.1) is 0 Å². The Hall–Kier alpha value is -4.15. The van der Waals surface area contributed by atoms with Gasteiger partial charge in [-0.15, -0.1) is 0 Å². The molecule has 1 fully saturated rings. The summed E-state index contributed by atoms with van der Waals surface area (Å²) in [6, 6.07) is 17.2. The first-order chi connectivity index (χ1) is 17.1. The van der Waals surface area contributed by atoms with Crippen LogP contribution in [-0.4, -0.2) is 51.4 Å². The number of anilines is 1. The number of hydrogen-bond donors (Lipinski definition) is 2. The number of ether oxygens (including phenoxy) is 2. The molecule has 0 unspecified atom stereocenters. The minimum atomic E-state index is -0.610. The molecule has 176 valence electrons. The van der Waals surface area contributed by atoms with E-state index >= 15 is 0 Å². The summed E-state index contributed by atoms with van der Waals surface area (Å²) >= 11 is 6.56. The second-order valence-electron chi connectivity index (χ2n) is 7.95. The van der Waals surface area contributed by atoms with Gasteiger partial charge in [0.05, 0.1) is 29.4 Å². The molecule has 0 radical (unpaired) electrons. The van der Waals surface area contributed by atoms with Crippen molar-refractivity contribution in [2.75, 3.05) is 31.2 Å². The molecule has 0 bridgehead atoms. The van der Waals surface area contributed by atoms with Gasteiger partial charge in [-0.3, -0.25) is 9.51 Å². The zero-order chi connectivity index (χ0) is 23.8. The molecule has 6 rings (SSSR count). The quantitative estimate of drug-likeness (QED) is 0.375. The number of benzene rings is 2. The second kappa shape index (κ2) is 8.90. The van der Waals surface area contributed by atoms with E-state index in [-0.39, 0.29) is 6.01 Å². The number of H-pyrrole nitrogens is 2. The molecular weight excluding hydrogens is 472 g/mol. The molecule has 2 N–H and O–H groups in total. The molecule has 0 saturated carbocycles. The van der Waals surface area contributed by atoms with Gasteiger partial charge in [0.2, 0.25) is 0 Å². The summed E-state index contributed by atoms with van der Waals surface area (Å²) in [6.45, 7) is 3.23. The van der Waals surface area contributed by atoms with Crippen LogP contribution in [-0.2, 0) is 4.74 Å². The van der Waals surface area contributed by atoms with E-state index in [1.165, 1.54) is 0 Å². The van der Waals surface area contributed by atoms with Crippen molar-refractivity contribution in [1.29, 1.82) is 0 Å². The van der Waals surface area contributed by atoms with Gasteiger partial charge < -0.3 is 19.4 Å². The fourth-order valence-corrected chi connectivity index (χ4v) is 4.21. The van der Waals surface area contributed by atoms with Gasteiger partial charge in [-0.05, 0) is 42.5 Å². The van der Waals surface area contributed by atoms with E-state index in [1.54, 1.807) is 30.3 Å². The summed E-state index contributed by atoms with van der Waals surface area (Å²) in [7, 11) is 0. The number of pyridine rings is 1. The van der Waals surface area contributed by atoms with Gasteiger partial charge in [-0.2, -0.15) is 4.98 Å². The second-order valence-corrected chi connectivity index (χ2v) is 8.36. The number of morpholine rings is 1. The van der Waals surface area contributed by atoms with E-state index in [9.17, 15) is 4.79 Å². The van der Waals surface area contributed by atoms with E-state index in [4.69, 9.17) is 21.1 Å². The van der Waals surface area contributed by atoms with Gasteiger partial charge in [0, 0.05) is 29.9 Å². The zero-order valence-corrected chi connectivity index (χ0v) is 19.1. The molecular formula is C24H19ClN6O4. The molecule has 5 aromatic rings. The fourth-order valence-electron chi connectivity index (χ4n) is 3.94. The summed E-state index contributed by atoms with van der Waals surface area (Å²) in [5.41, 5.74) is 4.54. The van der Waals surface area contributed by atoms with Crippen molar-refractivity contribution in [2.45, 2.75) is 0 Å². The lowest BCUT2D eigenvalue weighted by Crippen LogP contribution is -2.36. The van der Waals surface area contributed by atoms with Crippen molar-refractivity contribution >= 4 is 28.5 Å². The summed E-state index contributed by atoms with van der Waals surface area (Å²) in [5.74, 6) is 0.277. The molecule has 0 aliphatic carbocycles. The van der Waals surface area contributed by atoms with E-state index in [0.717, 1.165) is 37.6 Å². The van der Waals surface area contributed by atoms with Gasteiger partial charge in [-0.1, -0.05) is 28.9 Å². The predicted octanol–water partition coefficient (Wildman–Crippen LogP) is 4.25. The van der Waals surface area contributed by atoms with E-state index in [0.29, 0.717) is 39.0 Å². The van der Waals surface area contributed by atoms with Crippen molar-refractivity contribution in [2.24, 2.45) is 0 Å². The van der Waals surface area contributed by atoms with Crippen LogP contribution in [0.2, 0.25) is 5.02 Å². The molecule has 35 heavy (non-hydrogen) atoms. The molecule has 2 aromatic carbocycles. The van der Waals surface area contributed by atoms with Crippen molar-refractivity contribution in [3.05, 3.63) is 70.2 Å². The minimum Gasteiger partial charge on any atom is -0.426 e. The number of aromatic amines is 2.